The Morgan fingerprint density at radius 1 is 1.00 bits per heavy atom. The van der Waals surface area contributed by atoms with Gasteiger partial charge in [-0.1, -0.05) is 42.5 Å². The van der Waals surface area contributed by atoms with Crippen LogP contribution in [0.1, 0.15) is 33.7 Å². The van der Waals surface area contributed by atoms with Gasteiger partial charge in [0.05, 0.1) is 23.4 Å². The summed E-state index contributed by atoms with van der Waals surface area (Å²) in [4.78, 5) is 38.3. The predicted molar refractivity (Wildman–Crippen MR) is 149 cm³/mol. The molecular formula is C31H23N5O2. The number of benzene rings is 2. The van der Waals surface area contributed by atoms with Crippen molar-refractivity contribution in [3.8, 4) is 22.3 Å². The zero-order valence-corrected chi connectivity index (χ0v) is 20.6. The fourth-order valence-corrected chi connectivity index (χ4v) is 4.94. The molecule has 6 rings (SSSR count). The molecule has 0 radical (unpaired) electrons. The molecule has 3 N–H and O–H groups in total. The smallest absolute Gasteiger partial charge is 0.258 e. The van der Waals surface area contributed by atoms with Gasteiger partial charge in [-0.2, -0.15) is 0 Å². The molecule has 2 aliphatic rings. The van der Waals surface area contributed by atoms with Crippen LogP contribution < -0.4 is 10.6 Å². The van der Waals surface area contributed by atoms with Crippen molar-refractivity contribution in [3.63, 3.8) is 0 Å². The summed E-state index contributed by atoms with van der Waals surface area (Å²) in [6, 6.07) is 19.4. The third kappa shape index (κ3) is 4.18. The van der Waals surface area contributed by atoms with E-state index < -0.39 is 0 Å². The molecule has 7 heteroatoms. The minimum Gasteiger partial charge on any atom is -0.358 e. The highest BCUT2D eigenvalue weighted by Gasteiger charge is 2.29. The lowest BCUT2D eigenvalue weighted by Crippen LogP contribution is -2.24. The number of anilines is 1. The number of amides is 2. The maximum Gasteiger partial charge on any atom is 0.258 e. The summed E-state index contributed by atoms with van der Waals surface area (Å²) in [5.74, 6) is 2.25. The molecule has 0 unspecified atom stereocenters. The summed E-state index contributed by atoms with van der Waals surface area (Å²) >= 11 is 0. The van der Waals surface area contributed by atoms with Gasteiger partial charge < -0.3 is 15.6 Å². The zero-order valence-electron chi connectivity index (χ0n) is 20.6. The predicted octanol–water partition coefficient (Wildman–Crippen LogP) is 5.39. The lowest BCUT2D eigenvalue weighted by atomic mass is 9.93. The molecule has 7 nitrogen and oxygen atoms in total. The Morgan fingerprint density at radius 3 is 2.58 bits per heavy atom. The van der Waals surface area contributed by atoms with Crippen LogP contribution in [0.2, 0.25) is 0 Å². The summed E-state index contributed by atoms with van der Waals surface area (Å²) < 4.78 is 0. The van der Waals surface area contributed by atoms with E-state index in [1.165, 1.54) is 0 Å². The van der Waals surface area contributed by atoms with Crippen LogP contribution in [0.15, 0.2) is 89.5 Å². The van der Waals surface area contributed by atoms with Crippen molar-refractivity contribution in [1.29, 1.82) is 0 Å². The summed E-state index contributed by atoms with van der Waals surface area (Å²) in [5.41, 5.74) is 11.0. The Morgan fingerprint density at radius 2 is 1.82 bits per heavy atom. The Bertz CT molecular complexity index is 1720. The minimum atomic E-state index is -0.248. The van der Waals surface area contributed by atoms with E-state index >= 15 is 0 Å². The lowest BCUT2D eigenvalue weighted by molar-refractivity contribution is -0.110. The van der Waals surface area contributed by atoms with Crippen LogP contribution in [-0.4, -0.2) is 34.2 Å². The summed E-state index contributed by atoms with van der Waals surface area (Å²) in [6.45, 7) is 2.42. The first kappa shape index (κ1) is 23.2. The minimum absolute atomic E-state index is 0.199. The molecule has 2 aliphatic heterocycles. The second-order valence-electron chi connectivity index (χ2n) is 9.06. The molecular weight excluding hydrogens is 474 g/mol. The molecule has 0 aliphatic carbocycles. The SMILES string of the molecule is Cc1[nH]c(/C=C2\C(=O)Nc3cccc(-c4ccncc4)c32)c(-c2ccccc2)c1C(=O)NC1=C=C=NCC1. The van der Waals surface area contributed by atoms with E-state index in [-0.39, 0.29) is 11.8 Å². The van der Waals surface area contributed by atoms with Gasteiger partial charge in [0.2, 0.25) is 0 Å². The average Bonchev–Trinajstić information content (AvgIpc) is 3.45. The highest BCUT2D eigenvalue weighted by Crippen LogP contribution is 2.41. The van der Waals surface area contributed by atoms with Gasteiger partial charge in [-0.15, -0.1) is 0 Å². The van der Waals surface area contributed by atoms with Crippen LogP contribution >= 0.6 is 0 Å². The van der Waals surface area contributed by atoms with Crippen LogP contribution in [0.25, 0.3) is 33.9 Å². The Kier molecular flexibility index (Phi) is 5.91. The van der Waals surface area contributed by atoms with Gasteiger partial charge in [0.25, 0.3) is 11.8 Å². The van der Waals surface area contributed by atoms with Gasteiger partial charge in [-0.25, -0.2) is 4.99 Å². The van der Waals surface area contributed by atoms with Crippen molar-refractivity contribution >= 4 is 35.0 Å². The van der Waals surface area contributed by atoms with Gasteiger partial charge in [-0.05, 0) is 53.6 Å². The van der Waals surface area contributed by atoms with Crippen LogP contribution in [0.4, 0.5) is 5.69 Å². The first-order valence-electron chi connectivity index (χ1n) is 12.3. The molecule has 0 spiro atoms. The molecule has 0 atom stereocenters. The number of hydrogen-bond donors (Lipinski definition) is 3. The highest BCUT2D eigenvalue weighted by atomic mass is 16.2. The van der Waals surface area contributed by atoms with E-state index in [1.54, 1.807) is 12.4 Å². The number of nitrogens with one attached hydrogen (secondary N) is 3. The average molecular weight is 498 g/mol. The Hall–Kier alpha value is -5.22. The molecule has 4 heterocycles. The quantitative estimate of drug-likeness (QED) is 0.255. The maximum atomic E-state index is 13.5. The third-order valence-electron chi connectivity index (χ3n) is 6.64. The number of nitrogens with zero attached hydrogens (tertiary/aromatic N) is 2. The van der Waals surface area contributed by atoms with Crippen molar-refractivity contribution in [2.45, 2.75) is 13.3 Å². The normalized spacial score (nSPS) is 14.8. The summed E-state index contributed by atoms with van der Waals surface area (Å²) in [7, 11) is 0. The number of aliphatic imine (C=N–C) groups is 1. The number of aryl methyl sites for hydroxylation is 1. The molecule has 0 bridgehead atoms. The lowest BCUT2D eigenvalue weighted by Gasteiger charge is -2.11. The van der Waals surface area contributed by atoms with E-state index in [2.05, 4.69) is 37.2 Å². The van der Waals surface area contributed by atoms with Crippen LogP contribution in [0, 0.1) is 6.92 Å². The molecule has 38 heavy (non-hydrogen) atoms. The molecule has 0 saturated heterocycles. The number of hydrogen-bond acceptors (Lipinski definition) is 4. The monoisotopic (exact) mass is 497 g/mol. The second-order valence-corrected chi connectivity index (χ2v) is 9.06. The Balaban J connectivity index is 1.52. The first-order chi connectivity index (χ1) is 18.6. The van der Waals surface area contributed by atoms with Crippen molar-refractivity contribution < 1.29 is 9.59 Å². The van der Waals surface area contributed by atoms with Gasteiger partial charge in [-0.3, -0.25) is 14.6 Å². The van der Waals surface area contributed by atoms with Crippen molar-refractivity contribution in [1.82, 2.24) is 15.3 Å². The third-order valence-corrected chi connectivity index (χ3v) is 6.64. The van der Waals surface area contributed by atoms with E-state index in [4.69, 9.17) is 0 Å². The number of H-pyrrole nitrogens is 1. The van der Waals surface area contributed by atoms with E-state index in [1.807, 2.05) is 73.7 Å². The number of carbonyl (C=O) groups is 2. The molecule has 0 saturated carbocycles. The largest absolute Gasteiger partial charge is 0.358 e. The maximum absolute atomic E-state index is 13.5. The molecule has 4 aromatic rings. The van der Waals surface area contributed by atoms with Gasteiger partial charge in [0, 0.05) is 52.9 Å². The number of rotatable bonds is 5. The summed E-state index contributed by atoms with van der Waals surface area (Å²) in [6.07, 6.45) is 5.90. The number of pyridine rings is 1. The summed E-state index contributed by atoms with van der Waals surface area (Å²) in [5, 5.41) is 5.96. The Labute approximate surface area is 219 Å². The van der Waals surface area contributed by atoms with Crippen LogP contribution in [0.3, 0.4) is 0 Å². The fourth-order valence-electron chi connectivity index (χ4n) is 4.94. The van der Waals surface area contributed by atoms with Crippen LogP contribution in [0.5, 0.6) is 0 Å². The number of aromatic amines is 1. The molecule has 2 aromatic heterocycles. The van der Waals surface area contributed by atoms with Gasteiger partial charge in [0.1, 0.15) is 0 Å². The highest BCUT2D eigenvalue weighted by molar-refractivity contribution is 6.36. The fraction of sp³-hybridized carbons (Fsp3) is 0.0968. The van der Waals surface area contributed by atoms with Gasteiger partial charge in [0.15, 0.2) is 0 Å². The molecule has 2 aromatic carbocycles. The molecule has 184 valence electrons. The van der Waals surface area contributed by atoms with Crippen molar-refractivity contribution in [2.75, 3.05) is 11.9 Å². The topological polar surface area (TPSA) is 99.2 Å². The molecule has 0 fully saturated rings. The number of aromatic nitrogens is 2. The molecule has 2 amide bonds. The zero-order chi connectivity index (χ0) is 26.1. The standard InChI is InChI=1S/C31H23N5O2/c1-19-27(31(38)35-22-12-16-33-17-13-22)28(21-6-3-2-4-7-21)26(34-19)18-24-29-23(20-10-14-32-15-11-20)8-5-9-25(29)36-30(24)37/h2-11,14-15,18,34H,12,16H2,1H3,(H,35,38)(H,36,37)/b24-18-. The van der Waals surface area contributed by atoms with Crippen molar-refractivity contribution in [3.05, 3.63) is 107 Å². The van der Waals surface area contributed by atoms with E-state index in [0.717, 1.165) is 33.5 Å². The van der Waals surface area contributed by atoms with Gasteiger partial charge >= 0.3 is 0 Å². The first-order valence-corrected chi connectivity index (χ1v) is 12.3. The number of carbonyl (C=O) groups excluding carboxylic acids is 2. The van der Waals surface area contributed by atoms with Crippen LogP contribution in [-0.2, 0) is 4.79 Å². The number of fused-ring (bicyclic) bond motifs is 1. The second kappa shape index (κ2) is 9.68. The van der Waals surface area contributed by atoms with E-state index in [0.29, 0.717) is 41.2 Å². The van der Waals surface area contributed by atoms with Crippen molar-refractivity contribution in [2.24, 2.45) is 4.99 Å². The van der Waals surface area contributed by atoms with E-state index in [9.17, 15) is 9.59 Å².